The van der Waals surface area contributed by atoms with Crippen LogP contribution >= 0.6 is 0 Å². The summed E-state index contributed by atoms with van der Waals surface area (Å²) in [5.41, 5.74) is 6.04. The molecule has 0 aliphatic heterocycles. The van der Waals surface area contributed by atoms with Gasteiger partial charge in [-0.05, 0) is 31.2 Å². The Labute approximate surface area is 154 Å². The van der Waals surface area contributed by atoms with Gasteiger partial charge < -0.3 is 4.74 Å². The van der Waals surface area contributed by atoms with Crippen LogP contribution in [0.2, 0.25) is 0 Å². The maximum Gasteiger partial charge on any atom is 0.306 e. The van der Waals surface area contributed by atoms with Gasteiger partial charge in [0.2, 0.25) is 11.8 Å². The summed E-state index contributed by atoms with van der Waals surface area (Å²) in [6.45, 7) is 0.341. The third-order valence-electron chi connectivity index (χ3n) is 4.57. The molecule has 0 saturated heterocycles. The lowest BCUT2D eigenvalue weighted by Gasteiger charge is -2.20. The van der Waals surface area contributed by atoms with Crippen molar-refractivity contribution >= 4 is 17.8 Å². The molecule has 6 heteroatoms. The number of aryl methyl sites for hydroxylation is 1. The van der Waals surface area contributed by atoms with Crippen molar-refractivity contribution < 1.29 is 19.1 Å². The molecule has 1 fully saturated rings. The summed E-state index contributed by atoms with van der Waals surface area (Å²) >= 11 is 0. The van der Waals surface area contributed by atoms with E-state index in [4.69, 9.17) is 4.74 Å². The van der Waals surface area contributed by atoms with Crippen molar-refractivity contribution in [2.45, 2.75) is 57.8 Å². The molecule has 142 valence electrons. The predicted octanol–water partition coefficient (Wildman–Crippen LogP) is 2.67. The van der Waals surface area contributed by atoms with Gasteiger partial charge in [-0.3, -0.25) is 25.2 Å². The number of hydrogen-bond donors (Lipinski definition) is 2. The molecule has 1 aliphatic carbocycles. The van der Waals surface area contributed by atoms with Gasteiger partial charge in [-0.25, -0.2) is 0 Å². The molecule has 1 aromatic rings. The smallest absolute Gasteiger partial charge is 0.306 e. The summed E-state index contributed by atoms with van der Waals surface area (Å²) in [7, 11) is 0. The van der Waals surface area contributed by atoms with Gasteiger partial charge in [-0.15, -0.1) is 0 Å². The first-order valence-corrected chi connectivity index (χ1v) is 9.43. The van der Waals surface area contributed by atoms with E-state index in [1.807, 2.05) is 30.3 Å². The first-order chi connectivity index (χ1) is 12.6. The maximum absolute atomic E-state index is 11.9. The minimum atomic E-state index is -0.396. The molecule has 0 aromatic heterocycles. The molecule has 6 nitrogen and oxygen atoms in total. The molecule has 1 aliphatic rings. The van der Waals surface area contributed by atoms with E-state index in [1.54, 1.807) is 0 Å². The molecule has 1 saturated carbocycles. The average molecular weight is 360 g/mol. The van der Waals surface area contributed by atoms with E-state index in [9.17, 15) is 14.4 Å². The van der Waals surface area contributed by atoms with Crippen LogP contribution in [0.5, 0.6) is 0 Å². The van der Waals surface area contributed by atoms with Crippen molar-refractivity contribution in [3.8, 4) is 0 Å². The van der Waals surface area contributed by atoms with Crippen molar-refractivity contribution in [2.75, 3.05) is 6.61 Å². The van der Waals surface area contributed by atoms with E-state index in [-0.39, 0.29) is 30.6 Å². The van der Waals surface area contributed by atoms with E-state index >= 15 is 0 Å². The van der Waals surface area contributed by atoms with Crippen LogP contribution in [0.1, 0.15) is 56.9 Å². The Morgan fingerprint density at radius 2 is 1.69 bits per heavy atom. The fraction of sp³-hybridized carbons (Fsp3) is 0.550. The topological polar surface area (TPSA) is 84.5 Å². The molecule has 2 N–H and O–H groups in total. The lowest BCUT2D eigenvalue weighted by molar-refractivity contribution is -0.145. The van der Waals surface area contributed by atoms with Crippen LogP contribution in [0.25, 0.3) is 0 Å². The van der Waals surface area contributed by atoms with Gasteiger partial charge >= 0.3 is 5.97 Å². The molecule has 0 unspecified atom stereocenters. The van der Waals surface area contributed by atoms with Crippen LogP contribution in [-0.2, 0) is 25.5 Å². The fourth-order valence-electron chi connectivity index (χ4n) is 3.06. The number of carbonyl (C=O) groups excluding carboxylic acids is 3. The van der Waals surface area contributed by atoms with Gasteiger partial charge in [0.15, 0.2) is 0 Å². The molecule has 1 aromatic carbocycles. The quantitative estimate of drug-likeness (QED) is 0.424. The van der Waals surface area contributed by atoms with Crippen molar-refractivity contribution in [2.24, 2.45) is 5.92 Å². The second-order valence-corrected chi connectivity index (χ2v) is 6.68. The minimum Gasteiger partial charge on any atom is -0.466 e. The van der Waals surface area contributed by atoms with Gasteiger partial charge in [0.1, 0.15) is 0 Å². The molecule has 0 atom stereocenters. The number of hydrogen-bond acceptors (Lipinski definition) is 4. The monoisotopic (exact) mass is 360 g/mol. The van der Waals surface area contributed by atoms with Gasteiger partial charge in [-0.1, -0.05) is 49.6 Å². The zero-order chi connectivity index (χ0) is 18.6. The second-order valence-electron chi connectivity index (χ2n) is 6.68. The van der Waals surface area contributed by atoms with Crippen LogP contribution in [0.4, 0.5) is 0 Å². The lowest BCUT2D eigenvalue weighted by Crippen LogP contribution is -2.45. The third-order valence-corrected chi connectivity index (χ3v) is 4.57. The van der Waals surface area contributed by atoms with E-state index in [2.05, 4.69) is 10.9 Å². The Morgan fingerprint density at radius 1 is 0.962 bits per heavy atom. The van der Waals surface area contributed by atoms with Crippen molar-refractivity contribution in [1.82, 2.24) is 10.9 Å². The highest BCUT2D eigenvalue weighted by Gasteiger charge is 2.21. The molecule has 2 amide bonds. The SMILES string of the molecule is O=C(CCC(=O)OCCCc1ccccc1)NNC(=O)C1CCCCC1. The molecule has 0 bridgehead atoms. The number of ether oxygens (including phenoxy) is 1. The Hall–Kier alpha value is -2.37. The Morgan fingerprint density at radius 3 is 2.42 bits per heavy atom. The van der Waals surface area contributed by atoms with Gasteiger partial charge in [-0.2, -0.15) is 0 Å². The van der Waals surface area contributed by atoms with Crippen LogP contribution < -0.4 is 10.9 Å². The number of carbonyl (C=O) groups is 3. The number of benzene rings is 1. The van der Waals surface area contributed by atoms with E-state index < -0.39 is 5.97 Å². The van der Waals surface area contributed by atoms with E-state index in [1.165, 1.54) is 12.0 Å². The van der Waals surface area contributed by atoms with Crippen LogP contribution in [-0.4, -0.2) is 24.4 Å². The summed E-state index contributed by atoms with van der Waals surface area (Å²) in [5, 5.41) is 0. The standard InChI is InChI=1S/C20H28N2O4/c23-18(21-22-20(25)17-11-5-2-6-12-17)13-14-19(24)26-15-7-10-16-8-3-1-4-9-16/h1,3-4,8-9,17H,2,5-7,10-15H2,(H,21,23)(H,22,25). The largest absolute Gasteiger partial charge is 0.466 e. The van der Waals surface area contributed by atoms with Crippen molar-refractivity contribution in [3.63, 3.8) is 0 Å². The van der Waals surface area contributed by atoms with Gasteiger partial charge in [0, 0.05) is 12.3 Å². The summed E-state index contributed by atoms with van der Waals surface area (Å²) in [4.78, 5) is 35.3. The fourth-order valence-corrected chi connectivity index (χ4v) is 3.06. The minimum absolute atomic E-state index is 0.00245. The predicted molar refractivity (Wildman–Crippen MR) is 97.8 cm³/mol. The Kier molecular flexibility index (Phi) is 8.66. The number of amides is 2. The highest BCUT2D eigenvalue weighted by Crippen LogP contribution is 2.23. The molecule has 2 rings (SSSR count). The van der Waals surface area contributed by atoms with E-state index in [0.717, 1.165) is 38.5 Å². The third kappa shape index (κ3) is 7.68. The molecule has 26 heavy (non-hydrogen) atoms. The lowest BCUT2D eigenvalue weighted by atomic mass is 9.89. The number of hydrazine groups is 1. The number of nitrogens with one attached hydrogen (secondary N) is 2. The summed E-state index contributed by atoms with van der Waals surface area (Å²) in [6.07, 6.45) is 6.64. The summed E-state index contributed by atoms with van der Waals surface area (Å²) in [6, 6.07) is 9.99. The average Bonchev–Trinajstić information content (AvgIpc) is 2.69. The van der Waals surface area contributed by atoms with Crippen LogP contribution in [0, 0.1) is 5.92 Å². The normalized spacial score (nSPS) is 14.5. The zero-order valence-electron chi connectivity index (χ0n) is 15.2. The van der Waals surface area contributed by atoms with Crippen molar-refractivity contribution in [1.29, 1.82) is 0 Å². The first kappa shape index (κ1) is 19.9. The Bertz CT molecular complexity index is 583. The number of esters is 1. The van der Waals surface area contributed by atoms with Crippen molar-refractivity contribution in [3.05, 3.63) is 35.9 Å². The number of rotatable bonds is 8. The van der Waals surface area contributed by atoms with Gasteiger partial charge in [0.05, 0.1) is 13.0 Å². The molecular formula is C20H28N2O4. The summed E-state index contributed by atoms with van der Waals surface area (Å²) in [5.74, 6) is -0.928. The molecule has 0 radical (unpaired) electrons. The first-order valence-electron chi connectivity index (χ1n) is 9.43. The summed E-state index contributed by atoms with van der Waals surface area (Å²) < 4.78 is 5.13. The zero-order valence-corrected chi connectivity index (χ0v) is 15.2. The second kappa shape index (κ2) is 11.3. The maximum atomic E-state index is 11.9. The Balaban J connectivity index is 1.51. The molecular weight excluding hydrogens is 332 g/mol. The highest BCUT2D eigenvalue weighted by molar-refractivity contribution is 5.85. The van der Waals surface area contributed by atoms with Crippen LogP contribution in [0.15, 0.2) is 30.3 Å². The van der Waals surface area contributed by atoms with Crippen LogP contribution in [0.3, 0.4) is 0 Å². The highest BCUT2D eigenvalue weighted by atomic mass is 16.5. The van der Waals surface area contributed by atoms with E-state index in [0.29, 0.717) is 6.61 Å². The molecule has 0 spiro atoms. The molecule has 0 heterocycles. The van der Waals surface area contributed by atoms with Gasteiger partial charge in [0.25, 0.3) is 0 Å².